The summed E-state index contributed by atoms with van der Waals surface area (Å²) in [6, 6.07) is 0. The van der Waals surface area contributed by atoms with Crippen LogP contribution in [0.5, 0.6) is 0 Å². The minimum Gasteiger partial charge on any atom is -0.478 e. The van der Waals surface area contributed by atoms with Gasteiger partial charge in [0.2, 0.25) is 12.0 Å². The van der Waals surface area contributed by atoms with Crippen molar-refractivity contribution in [3.63, 3.8) is 0 Å². The smallest absolute Gasteiger partial charge is 0.449 e. The van der Waals surface area contributed by atoms with Crippen LogP contribution in [0.25, 0.3) is 0 Å². The average molecular weight is 366 g/mol. The van der Waals surface area contributed by atoms with E-state index < -0.39 is 47.4 Å². The number of carboxylic acid groups (broad SMARTS) is 1. The van der Waals surface area contributed by atoms with Crippen molar-refractivity contribution in [1.82, 2.24) is 0 Å². The van der Waals surface area contributed by atoms with Crippen molar-refractivity contribution in [2.45, 2.75) is 63.7 Å². The second-order valence-corrected chi connectivity index (χ2v) is 7.18. The Labute approximate surface area is 142 Å². The Hall–Kier alpha value is -1.32. The monoisotopic (exact) mass is 366 g/mol. The summed E-state index contributed by atoms with van der Waals surface area (Å²) in [5.41, 5.74) is -2.56. The van der Waals surface area contributed by atoms with Crippen LogP contribution in [-0.2, 0) is 19.2 Å². The van der Waals surface area contributed by atoms with E-state index in [1.165, 1.54) is 0 Å². The Morgan fingerprint density at radius 1 is 1.24 bits per heavy atom. The number of halogens is 3. The molecule has 6 nitrogen and oxygen atoms in total. The molecule has 6 atom stereocenters. The molecule has 1 saturated heterocycles. The summed E-state index contributed by atoms with van der Waals surface area (Å²) in [7, 11) is 0. The van der Waals surface area contributed by atoms with Crippen molar-refractivity contribution in [2.24, 2.45) is 17.8 Å². The summed E-state index contributed by atoms with van der Waals surface area (Å²) in [6.07, 6.45) is -5.15. The van der Waals surface area contributed by atoms with Crippen LogP contribution >= 0.6 is 0 Å². The first-order chi connectivity index (χ1) is 11.6. The number of aliphatic carboxylic acids is 1. The second kappa shape index (κ2) is 6.14. The molecule has 0 aromatic heterocycles. The number of rotatable bonds is 2. The zero-order chi connectivity index (χ0) is 18.6. The predicted molar refractivity (Wildman–Crippen MR) is 77.2 cm³/mol. The van der Waals surface area contributed by atoms with E-state index >= 15 is 0 Å². The van der Waals surface area contributed by atoms with E-state index in [1.54, 1.807) is 6.92 Å². The van der Waals surface area contributed by atoms with E-state index in [0.717, 1.165) is 0 Å². The largest absolute Gasteiger partial charge is 0.478 e. The third kappa shape index (κ3) is 2.72. The van der Waals surface area contributed by atoms with Crippen LogP contribution in [0.15, 0.2) is 11.3 Å². The molecule has 2 N–H and O–H groups in total. The van der Waals surface area contributed by atoms with E-state index in [1.807, 2.05) is 6.92 Å². The number of ether oxygens (including phenoxy) is 2. The first-order valence-corrected chi connectivity index (χ1v) is 8.32. The standard InChI is InChI=1S/C16H21F3O6/c1-7-3-5-10-11(13(20)21)12(16(17,18)19)24-14-15(10,25-22)9(7)6-4-8(2)23-14/h7-10,14,22H,3-6H2,1-2H3,(H,20,21)/t7-,8+,9?,10+,14+,15?/m1/s1. The normalized spacial score (nSPS) is 41.6. The van der Waals surface area contributed by atoms with Gasteiger partial charge in [-0.2, -0.15) is 13.2 Å². The first-order valence-electron chi connectivity index (χ1n) is 8.32. The minimum atomic E-state index is -4.98. The van der Waals surface area contributed by atoms with Crippen molar-refractivity contribution >= 4 is 5.97 Å². The third-order valence-corrected chi connectivity index (χ3v) is 5.79. The molecule has 3 aliphatic rings. The Kier molecular flexibility index (Phi) is 4.53. The molecule has 2 unspecified atom stereocenters. The molecule has 0 bridgehead atoms. The summed E-state index contributed by atoms with van der Waals surface area (Å²) >= 11 is 0. The van der Waals surface area contributed by atoms with Gasteiger partial charge in [0.15, 0.2) is 5.60 Å². The summed E-state index contributed by atoms with van der Waals surface area (Å²) in [6.45, 7) is 3.62. The van der Waals surface area contributed by atoms with Crippen LogP contribution in [0.2, 0.25) is 0 Å². The SMILES string of the molecule is C[C@@H]1CC[C@H]2C(C(=O)O)=C(C(F)(F)F)O[C@@H]3O[C@@H](C)CCC1C32OO. The Bertz CT molecular complexity index is 589. The lowest BCUT2D eigenvalue weighted by Gasteiger charge is -2.53. The van der Waals surface area contributed by atoms with Crippen molar-refractivity contribution in [3.05, 3.63) is 11.3 Å². The molecule has 2 aliphatic heterocycles. The molecule has 0 amide bonds. The maximum atomic E-state index is 13.4. The highest BCUT2D eigenvalue weighted by atomic mass is 19.4. The van der Waals surface area contributed by atoms with E-state index in [0.29, 0.717) is 19.3 Å². The highest BCUT2D eigenvalue weighted by Gasteiger charge is 2.67. The fraction of sp³-hybridized carbons (Fsp3) is 0.812. The van der Waals surface area contributed by atoms with Gasteiger partial charge in [0.1, 0.15) is 0 Å². The van der Waals surface area contributed by atoms with Crippen molar-refractivity contribution < 1.29 is 42.7 Å². The van der Waals surface area contributed by atoms with Gasteiger partial charge in [-0.05, 0) is 38.5 Å². The van der Waals surface area contributed by atoms with Gasteiger partial charge >= 0.3 is 12.1 Å². The van der Waals surface area contributed by atoms with Crippen LogP contribution in [0.1, 0.15) is 39.5 Å². The molecule has 0 aromatic rings. The van der Waals surface area contributed by atoms with Crippen molar-refractivity contribution in [3.8, 4) is 0 Å². The molecule has 0 aromatic carbocycles. The van der Waals surface area contributed by atoms with Gasteiger partial charge in [0, 0.05) is 11.8 Å². The minimum absolute atomic E-state index is 0.0193. The molecule has 1 aliphatic carbocycles. The van der Waals surface area contributed by atoms with Gasteiger partial charge in [-0.3, -0.25) is 5.26 Å². The molecule has 0 spiro atoms. The van der Waals surface area contributed by atoms with Gasteiger partial charge in [-0.15, -0.1) is 0 Å². The maximum Gasteiger partial charge on any atom is 0.449 e. The highest BCUT2D eigenvalue weighted by molar-refractivity contribution is 5.88. The van der Waals surface area contributed by atoms with Gasteiger partial charge in [-0.1, -0.05) is 6.92 Å². The van der Waals surface area contributed by atoms with Gasteiger partial charge in [0.25, 0.3) is 0 Å². The molecule has 2 fully saturated rings. The van der Waals surface area contributed by atoms with Crippen LogP contribution in [-0.4, -0.2) is 40.5 Å². The zero-order valence-corrected chi connectivity index (χ0v) is 13.9. The van der Waals surface area contributed by atoms with Crippen LogP contribution in [0, 0.1) is 17.8 Å². The van der Waals surface area contributed by atoms with E-state index in [4.69, 9.17) is 14.4 Å². The van der Waals surface area contributed by atoms with Gasteiger partial charge in [-0.25, -0.2) is 9.68 Å². The summed E-state index contributed by atoms with van der Waals surface area (Å²) in [5.74, 6) is -4.82. The Balaban J connectivity index is 2.22. The lowest BCUT2D eigenvalue weighted by Crippen LogP contribution is -2.64. The number of hydrogen-bond donors (Lipinski definition) is 2. The van der Waals surface area contributed by atoms with Crippen LogP contribution in [0.3, 0.4) is 0 Å². The molecular formula is C16H21F3O6. The third-order valence-electron chi connectivity index (χ3n) is 5.79. The molecule has 142 valence electrons. The van der Waals surface area contributed by atoms with Gasteiger partial charge < -0.3 is 14.6 Å². The summed E-state index contributed by atoms with van der Waals surface area (Å²) in [4.78, 5) is 16.4. The zero-order valence-electron chi connectivity index (χ0n) is 13.9. The molecular weight excluding hydrogens is 345 g/mol. The second-order valence-electron chi connectivity index (χ2n) is 7.18. The van der Waals surface area contributed by atoms with E-state index in [9.17, 15) is 28.3 Å². The topological polar surface area (TPSA) is 85.2 Å². The lowest BCUT2D eigenvalue weighted by molar-refractivity contribution is -0.419. The first kappa shape index (κ1) is 18.5. The van der Waals surface area contributed by atoms with Gasteiger partial charge in [0.05, 0.1) is 11.7 Å². The molecule has 9 heteroatoms. The average Bonchev–Trinajstić information content (AvgIpc) is 2.66. The molecule has 0 radical (unpaired) electrons. The maximum absolute atomic E-state index is 13.4. The highest BCUT2D eigenvalue weighted by Crippen LogP contribution is 2.57. The lowest BCUT2D eigenvalue weighted by atomic mass is 9.59. The fourth-order valence-corrected chi connectivity index (χ4v) is 4.67. The quantitative estimate of drug-likeness (QED) is 0.576. The predicted octanol–water partition coefficient (Wildman–Crippen LogP) is 3.33. The van der Waals surface area contributed by atoms with Crippen LogP contribution in [0.4, 0.5) is 13.2 Å². The fourth-order valence-electron chi connectivity index (χ4n) is 4.67. The number of carbonyl (C=O) groups is 1. The van der Waals surface area contributed by atoms with E-state index in [2.05, 4.69) is 0 Å². The number of carboxylic acids is 1. The van der Waals surface area contributed by atoms with Crippen molar-refractivity contribution in [2.75, 3.05) is 0 Å². The molecule has 1 saturated carbocycles. The van der Waals surface area contributed by atoms with Crippen molar-refractivity contribution in [1.29, 1.82) is 0 Å². The van der Waals surface area contributed by atoms with Crippen LogP contribution < -0.4 is 0 Å². The Morgan fingerprint density at radius 3 is 2.48 bits per heavy atom. The summed E-state index contributed by atoms with van der Waals surface area (Å²) < 4.78 is 50.9. The molecule has 25 heavy (non-hydrogen) atoms. The van der Waals surface area contributed by atoms with E-state index in [-0.39, 0.29) is 18.3 Å². The number of allylic oxidation sites excluding steroid dienone is 1. The molecule has 2 heterocycles. The summed E-state index contributed by atoms with van der Waals surface area (Å²) in [5, 5.41) is 19.2. The Morgan fingerprint density at radius 2 is 1.92 bits per heavy atom. The number of hydrogen-bond acceptors (Lipinski definition) is 5. The number of alkyl halides is 3. The molecule has 3 rings (SSSR count).